The van der Waals surface area contributed by atoms with Crippen LogP contribution in [-0.2, 0) is 22.4 Å². The average Bonchev–Trinajstić information content (AvgIpc) is 2.72. The third kappa shape index (κ3) is 7.23. The van der Waals surface area contributed by atoms with Crippen LogP contribution in [0.2, 0.25) is 0 Å². The van der Waals surface area contributed by atoms with Gasteiger partial charge in [-0.15, -0.1) is 0 Å². The van der Waals surface area contributed by atoms with Crippen molar-refractivity contribution in [2.45, 2.75) is 63.2 Å². The number of aliphatic hydroxyl groups excluding tert-OH is 1. The van der Waals surface area contributed by atoms with Gasteiger partial charge in [-0.2, -0.15) is 26.3 Å². The average molecular weight is 524 g/mol. The number of aliphatic hydroxyl groups is 1. The maximum atomic E-state index is 13.3. The molecule has 194 valence electrons. The molecular weight excluding hydrogens is 496 g/mol. The first-order valence-corrected chi connectivity index (χ1v) is 12.2. The molecule has 11 heteroatoms. The highest BCUT2D eigenvalue weighted by atomic mass is 32.2. The van der Waals surface area contributed by atoms with E-state index < -0.39 is 38.4 Å². The third-order valence-electron chi connectivity index (χ3n) is 5.18. The van der Waals surface area contributed by atoms with Crippen LogP contribution in [0, 0.1) is 0 Å². The molecule has 0 aliphatic rings. The number of rotatable bonds is 8. The number of hydrogen-bond donors (Lipinski definition) is 2. The summed E-state index contributed by atoms with van der Waals surface area (Å²) in [6.45, 7) is 7.07. The van der Waals surface area contributed by atoms with E-state index in [9.17, 15) is 34.8 Å². The fraction of sp³-hybridized carbons (Fsp3) is 0.417. The molecule has 0 saturated heterocycles. The number of alkyl halides is 6. The molecule has 0 aromatic heterocycles. The van der Waals surface area contributed by atoms with Gasteiger partial charge in [0.25, 0.3) is 10.0 Å². The number of anilines is 1. The molecule has 0 spiro atoms. The smallest absolute Gasteiger partial charge is 0.396 e. The second-order valence-electron chi connectivity index (χ2n) is 8.65. The maximum absolute atomic E-state index is 13.3. The monoisotopic (exact) mass is 523 g/mol. The van der Waals surface area contributed by atoms with Crippen LogP contribution in [0.15, 0.2) is 41.3 Å². The summed E-state index contributed by atoms with van der Waals surface area (Å²) in [6, 6.07) is 3.64. The molecule has 0 atom stereocenters. The Kier molecular flexibility index (Phi) is 8.70. The Morgan fingerprint density at radius 2 is 1.31 bits per heavy atom. The highest BCUT2D eigenvalue weighted by molar-refractivity contribution is 7.92. The lowest BCUT2D eigenvalue weighted by molar-refractivity contribution is -0.143. The van der Waals surface area contributed by atoms with Crippen molar-refractivity contribution in [1.82, 2.24) is 0 Å². The molecule has 35 heavy (non-hydrogen) atoms. The zero-order chi connectivity index (χ0) is 26.8. The molecule has 0 aliphatic heterocycles. The van der Waals surface area contributed by atoms with Crippen molar-refractivity contribution in [3.63, 3.8) is 0 Å². The van der Waals surface area contributed by atoms with E-state index in [0.29, 0.717) is 23.1 Å². The first-order valence-electron chi connectivity index (χ1n) is 10.7. The van der Waals surface area contributed by atoms with Crippen molar-refractivity contribution in [2.24, 2.45) is 0 Å². The van der Waals surface area contributed by atoms with Gasteiger partial charge in [-0.25, -0.2) is 8.42 Å². The highest BCUT2D eigenvalue weighted by Gasteiger charge is 2.38. The molecule has 0 saturated carbocycles. The Hall–Kier alpha value is -2.53. The van der Waals surface area contributed by atoms with Gasteiger partial charge in [0.1, 0.15) is 0 Å². The molecule has 2 rings (SSSR count). The summed E-state index contributed by atoms with van der Waals surface area (Å²) in [5.41, 5.74) is -1.57. The van der Waals surface area contributed by atoms with Crippen LogP contribution in [0.25, 0.3) is 6.08 Å². The molecule has 0 fully saturated rings. The summed E-state index contributed by atoms with van der Waals surface area (Å²) in [6.07, 6.45) is -6.48. The molecule has 2 N–H and O–H groups in total. The van der Waals surface area contributed by atoms with E-state index in [1.165, 1.54) is 0 Å². The standard InChI is InChI=1S/C24H27F6NO3S/c1-14(2)20-9-16(7-5-6-8-32)10-21(15(3)4)22(20)31-35(33,34)19-12-17(23(25,26)27)11-18(13-19)24(28,29)30/h5,7,9-15,31-32H,6,8H2,1-4H3/b7-5+. The summed E-state index contributed by atoms with van der Waals surface area (Å²) >= 11 is 0. The Bertz CT molecular complexity index is 1120. The summed E-state index contributed by atoms with van der Waals surface area (Å²) in [4.78, 5) is -1.14. The number of benzene rings is 2. The summed E-state index contributed by atoms with van der Waals surface area (Å²) in [7, 11) is -4.83. The summed E-state index contributed by atoms with van der Waals surface area (Å²) < 4.78 is 108. The van der Waals surface area contributed by atoms with Crippen molar-refractivity contribution < 1.29 is 39.9 Å². The van der Waals surface area contributed by atoms with Gasteiger partial charge in [-0.1, -0.05) is 39.8 Å². The number of halogens is 6. The van der Waals surface area contributed by atoms with Gasteiger partial charge >= 0.3 is 12.4 Å². The SMILES string of the molecule is CC(C)c1cc(/C=C/CCO)cc(C(C)C)c1NS(=O)(=O)c1cc(C(F)(F)F)cc(C(F)(F)F)c1. The van der Waals surface area contributed by atoms with Crippen molar-refractivity contribution in [1.29, 1.82) is 0 Å². The first-order chi connectivity index (χ1) is 16.0. The van der Waals surface area contributed by atoms with E-state index in [-0.39, 0.29) is 42.3 Å². The molecule has 2 aromatic carbocycles. The topological polar surface area (TPSA) is 66.4 Å². The van der Waals surface area contributed by atoms with Crippen LogP contribution in [0.4, 0.5) is 32.0 Å². The second kappa shape index (κ2) is 10.6. The predicted octanol–water partition coefficient (Wildman–Crippen LogP) is 7.17. The van der Waals surface area contributed by atoms with Crippen LogP contribution in [-0.4, -0.2) is 20.1 Å². The van der Waals surface area contributed by atoms with E-state index in [1.807, 2.05) is 0 Å². The van der Waals surface area contributed by atoms with Crippen LogP contribution < -0.4 is 4.72 Å². The molecule has 4 nitrogen and oxygen atoms in total. The predicted molar refractivity (Wildman–Crippen MR) is 123 cm³/mol. The lowest BCUT2D eigenvalue weighted by Crippen LogP contribution is -2.19. The largest absolute Gasteiger partial charge is 0.416 e. The first kappa shape index (κ1) is 28.7. The number of hydrogen-bond acceptors (Lipinski definition) is 3. The van der Waals surface area contributed by atoms with Crippen molar-refractivity contribution in [3.8, 4) is 0 Å². The molecule has 2 aromatic rings. The summed E-state index contributed by atoms with van der Waals surface area (Å²) in [5, 5.41) is 8.98. The Balaban J connectivity index is 2.72. The van der Waals surface area contributed by atoms with Gasteiger partial charge < -0.3 is 5.11 Å². The minimum atomic E-state index is -5.18. The summed E-state index contributed by atoms with van der Waals surface area (Å²) in [5.74, 6) is -0.465. The second-order valence-corrected chi connectivity index (χ2v) is 10.3. The van der Waals surface area contributed by atoms with Gasteiger partial charge in [-0.05, 0) is 65.3 Å². The molecule has 0 heterocycles. The van der Waals surface area contributed by atoms with Crippen LogP contribution >= 0.6 is 0 Å². The maximum Gasteiger partial charge on any atom is 0.416 e. The van der Waals surface area contributed by atoms with E-state index in [2.05, 4.69) is 4.72 Å². The van der Waals surface area contributed by atoms with E-state index in [4.69, 9.17) is 5.11 Å². The lowest BCUT2D eigenvalue weighted by atomic mass is 9.90. The van der Waals surface area contributed by atoms with Crippen molar-refractivity contribution in [3.05, 3.63) is 64.2 Å². The normalized spacial score (nSPS) is 13.3. The Labute approximate surface area is 200 Å². The van der Waals surface area contributed by atoms with E-state index in [1.54, 1.807) is 52.0 Å². The van der Waals surface area contributed by atoms with Crippen molar-refractivity contribution >= 4 is 21.8 Å². The highest BCUT2D eigenvalue weighted by Crippen LogP contribution is 2.39. The van der Waals surface area contributed by atoms with E-state index >= 15 is 0 Å². The molecule has 0 aliphatic carbocycles. The lowest BCUT2D eigenvalue weighted by Gasteiger charge is -2.22. The van der Waals surface area contributed by atoms with Gasteiger partial charge in [0.15, 0.2) is 0 Å². The van der Waals surface area contributed by atoms with Gasteiger partial charge in [0.2, 0.25) is 0 Å². The van der Waals surface area contributed by atoms with Crippen LogP contribution in [0.1, 0.15) is 73.8 Å². The zero-order valence-electron chi connectivity index (χ0n) is 19.6. The van der Waals surface area contributed by atoms with Crippen LogP contribution in [0.5, 0.6) is 0 Å². The molecule has 0 bridgehead atoms. The quantitative estimate of drug-likeness (QED) is 0.361. The van der Waals surface area contributed by atoms with Gasteiger partial charge in [0.05, 0.1) is 21.7 Å². The number of nitrogens with one attached hydrogen (secondary N) is 1. The number of sulfonamides is 1. The Morgan fingerprint density at radius 3 is 1.69 bits per heavy atom. The minimum absolute atomic E-state index is 0.0562. The van der Waals surface area contributed by atoms with E-state index in [0.717, 1.165) is 0 Å². The van der Waals surface area contributed by atoms with Gasteiger partial charge in [0, 0.05) is 6.61 Å². The minimum Gasteiger partial charge on any atom is -0.396 e. The zero-order valence-corrected chi connectivity index (χ0v) is 20.4. The van der Waals surface area contributed by atoms with Crippen LogP contribution in [0.3, 0.4) is 0 Å². The van der Waals surface area contributed by atoms with Crippen molar-refractivity contribution in [2.75, 3.05) is 11.3 Å². The fourth-order valence-corrected chi connectivity index (χ4v) is 4.59. The third-order valence-corrected chi connectivity index (χ3v) is 6.51. The fourth-order valence-electron chi connectivity index (χ4n) is 3.41. The molecule has 0 unspecified atom stereocenters. The molecule has 0 amide bonds. The Morgan fingerprint density at radius 1 is 0.857 bits per heavy atom. The van der Waals surface area contributed by atoms with Gasteiger partial charge in [-0.3, -0.25) is 4.72 Å². The molecule has 0 radical (unpaired) electrons. The molecular formula is C24H27F6NO3S.